The molecule has 0 aromatic heterocycles. The molecule has 0 fully saturated rings. The van der Waals surface area contributed by atoms with E-state index in [1.54, 1.807) is 7.11 Å². The van der Waals surface area contributed by atoms with Crippen LogP contribution < -0.4 is 0 Å². The lowest BCUT2D eigenvalue weighted by Crippen LogP contribution is -1.87. The quantitative estimate of drug-likeness (QED) is 0.168. The predicted octanol–water partition coefficient (Wildman–Crippen LogP) is 6.42. The van der Waals surface area contributed by atoms with Gasteiger partial charge < -0.3 is 4.74 Å². The molecule has 0 aliphatic carbocycles. The summed E-state index contributed by atoms with van der Waals surface area (Å²) in [5.41, 5.74) is 0. The molecule has 0 bridgehead atoms. The fourth-order valence-corrected chi connectivity index (χ4v) is 2.53. The zero-order valence-corrected chi connectivity index (χ0v) is 17.1. The Bertz CT molecular complexity index is 428. The molecule has 148 valence electrons. The standard InChI is InChI=1S/C21H35O4P/c1-24-20-18-16-14-12-10-8-6-4-2-3-5-7-9-11-13-15-17-19-21-25-26(22)23/h2,4-5,7-8,10-11,13H,3,6,9,12,14-21H2,1H3/p+1/b4-2-,7-5-,10-8-,13-11-. The van der Waals surface area contributed by atoms with Crippen molar-refractivity contribution < 1.29 is 18.7 Å². The molecule has 0 aromatic rings. The number of hydrogen-bond acceptors (Lipinski definition) is 3. The van der Waals surface area contributed by atoms with Gasteiger partial charge in [-0.05, 0) is 57.8 Å². The second-order valence-corrected chi connectivity index (χ2v) is 6.74. The highest BCUT2D eigenvalue weighted by molar-refractivity contribution is 7.32. The topological polar surface area (TPSA) is 55.8 Å². The van der Waals surface area contributed by atoms with Crippen LogP contribution in [0.2, 0.25) is 0 Å². The van der Waals surface area contributed by atoms with Gasteiger partial charge >= 0.3 is 8.25 Å². The van der Waals surface area contributed by atoms with Crippen molar-refractivity contribution in [1.29, 1.82) is 0 Å². The molecule has 1 unspecified atom stereocenters. The molecule has 4 nitrogen and oxygen atoms in total. The van der Waals surface area contributed by atoms with Crippen molar-refractivity contribution in [2.75, 3.05) is 20.3 Å². The van der Waals surface area contributed by atoms with Crippen LogP contribution in [0.4, 0.5) is 0 Å². The third kappa shape index (κ3) is 22.9. The molecule has 0 spiro atoms. The van der Waals surface area contributed by atoms with Gasteiger partial charge in [-0.25, -0.2) is 0 Å². The first kappa shape index (κ1) is 24.9. The van der Waals surface area contributed by atoms with Gasteiger partial charge in [0.1, 0.15) is 6.61 Å². The van der Waals surface area contributed by atoms with E-state index in [1.165, 1.54) is 12.8 Å². The van der Waals surface area contributed by atoms with Crippen LogP contribution in [-0.2, 0) is 13.8 Å². The van der Waals surface area contributed by atoms with E-state index in [-0.39, 0.29) is 0 Å². The first-order valence-electron chi connectivity index (χ1n) is 9.65. The molecule has 0 heterocycles. The summed E-state index contributed by atoms with van der Waals surface area (Å²) in [5.74, 6) is 0. The molecule has 0 aromatic carbocycles. The van der Waals surface area contributed by atoms with Gasteiger partial charge in [-0.1, -0.05) is 55.0 Å². The van der Waals surface area contributed by atoms with Crippen LogP contribution in [0.1, 0.15) is 64.2 Å². The maximum absolute atomic E-state index is 10.3. The Morgan fingerprint density at radius 3 is 1.65 bits per heavy atom. The zero-order valence-electron chi connectivity index (χ0n) is 16.2. The second-order valence-electron chi connectivity index (χ2n) is 6.00. The molecule has 5 heteroatoms. The monoisotopic (exact) mass is 383 g/mol. The number of methoxy groups -OCH3 is 1. The van der Waals surface area contributed by atoms with Gasteiger partial charge in [-0.15, -0.1) is 9.42 Å². The maximum atomic E-state index is 10.3. The van der Waals surface area contributed by atoms with E-state index in [2.05, 4.69) is 53.1 Å². The summed E-state index contributed by atoms with van der Waals surface area (Å²) in [4.78, 5) is 8.46. The highest BCUT2D eigenvalue weighted by atomic mass is 31.1. The number of ether oxygens (including phenoxy) is 1. The van der Waals surface area contributed by atoms with E-state index in [0.29, 0.717) is 6.61 Å². The van der Waals surface area contributed by atoms with E-state index >= 15 is 0 Å². The fourth-order valence-electron chi connectivity index (χ4n) is 2.24. The molecular weight excluding hydrogens is 347 g/mol. The summed E-state index contributed by atoms with van der Waals surface area (Å²) in [6, 6.07) is 0. The molecular formula is C21H36O4P+. The van der Waals surface area contributed by atoms with Crippen molar-refractivity contribution in [3.05, 3.63) is 48.6 Å². The fraction of sp³-hybridized carbons (Fsp3) is 0.619. The lowest BCUT2D eigenvalue weighted by atomic mass is 10.2. The SMILES string of the molecule is COCCCCC/C=C\C/C=C\C/C=C\C/C=C\CCCCO[P+](=O)O. The summed E-state index contributed by atoms with van der Waals surface area (Å²) in [6.45, 7) is 1.23. The van der Waals surface area contributed by atoms with Crippen molar-refractivity contribution in [3.8, 4) is 0 Å². The first-order valence-corrected chi connectivity index (χ1v) is 10.8. The summed E-state index contributed by atoms with van der Waals surface area (Å²) < 4.78 is 19.9. The van der Waals surface area contributed by atoms with Crippen LogP contribution in [0, 0.1) is 0 Å². The van der Waals surface area contributed by atoms with Gasteiger partial charge in [0.15, 0.2) is 0 Å². The number of allylic oxidation sites excluding steroid dienone is 8. The Morgan fingerprint density at radius 2 is 1.15 bits per heavy atom. The molecule has 0 aliphatic heterocycles. The first-order chi connectivity index (χ1) is 12.8. The smallest absolute Gasteiger partial charge is 0.385 e. The molecule has 26 heavy (non-hydrogen) atoms. The van der Waals surface area contributed by atoms with Gasteiger partial charge in [-0.2, -0.15) is 0 Å². The third-order valence-electron chi connectivity index (χ3n) is 3.67. The molecule has 1 atom stereocenters. The van der Waals surface area contributed by atoms with Crippen LogP contribution in [0.3, 0.4) is 0 Å². The van der Waals surface area contributed by atoms with Crippen molar-refractivity contribution in [2.24, 2.45) is 0 Å². The van der Waals surface area contributed by atoms with Crippen LogP contribution in [0.15, 0.2) is 48.6 Å². The summed E-state index contributed by atoms with van der Waals surface area (Å²) >= 11 is 0. The van der Waals surface area contributed by atoms with Gasteiger partial charge in [0.2, 0.25) is 0 Å². The van der Waals surface area contributed by atoms with Crippen LogP contribution in [-0.4, -0.2) is 25.2 Å². The van der Waals surface area contributed by atoms with E-state index in [0.717, 1.165) is 58.0 Å². The Labute approximate surface area is 160 Å². The average Bonchev–Trinajstić information content (AvgIpc) is 2.62. The Hall–Kier alpha value is -1.06. The average molecular weight is 383 g/mol. The minimum atomic E-state index is -2.44. The Balaban J connectivity index is 3.37. The van der Waals surface area contributed by atoms with Crippen LogP contribution >= 0.6 is 8.25 Å². The largest absolute Gasteiger partial charge is 0.694 e. The Morgan fingerprint density at radius 1 is 0.692 bits per heavy atom. The van der Waals surface area contributed by atoms with Crippen molar-refractivity contribution in [1.82, 2.24) is 0 Å². The number of unbranched alkanes of at least 4 members (excludes halogenated alkanes) is 5. The second kappa shape index (κ2) is 22.0. The number of hydrogen-bond donors (Lipinski definition) is 1. The van der Waals surface area contributed by atoms with Crippen LogP contribution in [0.5, 0.6) is 0 Å². The highest BCUT2D eigenvalue weighted by Gasteiger charge is 2.09. The molecule has 0 radical (unpaired) electrons. The molecule has 0 rings (SSSR count). The van der Waals surface area contributed by atoms with Crippen molar-refractivity contribution in [2.45, 2.75) is 64.2 Å². The molecule has 0 amide bonds. The zero-order chi connectivity index (χ0) is 19.1. The van der Waals surface area contributed by atoms with E-state index < -0.39 is 8.25 Å². The van der Waals surface area contributed by atoms with Crippen LogP contribution in [0.25, 0.3) is 0 Å². The minimum Gasteiger partial charge on any atom is -0.385 e. The molecule has 0 saturated carbocycles. The maximum Gasteiger partial charge on any atom is 0.694 e. The van der Waals surface area contributed by atoms with E-state index in [1.807, 2.05) is 0 Å². The summed E-state index contributed by atoms with van der Waals surface area (Å²) in [6.07, 6.45) is 28.1. The molecule has 0 aliphatic rings. The number of rotatable bonds is 18. The molecule has 1 N–H and O–H groups in total. The molecule has 0 saturated heterocycles. The summed E-state index contributed by atoms with van der Waals surface area (Å²) in [7, 11) is -0.682. The van der Waals surface area contributed by atoms with E-state index in [4.69, 9.17) is 9.63 Å². The van der Waals surface area contributed by atoms with Gasteiger partial charge in [0, 0.05) is 18.3 Å². The van der Waals surface area contributed by atoms with Crippen molar-refractivity contribution >= 4 is 8.25 Å². The third-order valence-corrected chi connectivity index (χ3v) is 4.07. The van der Waals surface area contributed by atoms with Gasteiger partial charge in [-0.3, -0.25) is 0 Å². The normalized spacial score (nSPS) is 13.1. The highest BCUT2D eigenvalue weighted by Crippen LogP contribution is 2.15. The lowest BCUT2D eigenvalue weighted by molar-refractivity contribution is 0.192. The Kier molecular flexibility index (Phi) is 21.1. The lowest BCUT2D eigenvalue weighted by Gasteiger charge is -1.96. The van der Waals surface area contributed by atoms with Gasteiger partial charge in [0.05, 0.1) is 0 Å². The van der Waals surface area contributed by atoms with E-state index in [9.17, 15) is 4.57 Å². The van der Waals surface area contributed by atoms with Gasteiger partial charge in [0.25, 0.3) is 0 Å². The van der Waals surface area contributed by atoms with Crippen molar-refractivity contribution in [3.63, 3.8) is 0 Å². The predicted molar refractivity (Wildman–Crippen MR) is 110 cm³/mol. The minimum absolute atomic E-state index is 0.357. The summed E-state index contributed by atoms with van der Waals surface area (Å²) in [5, 5.41) is 0.